The lowest BCUT2D eigenvalue weighted by Crippen LogP contribution is -2.58. The summed E-state index contributed by atoms with van der Waals surface area (Å²) >= 11 is 0. The molecule has 0 saturated carbocycles. The molecule has 1 aliphatic heterocycles. The average Bonchev–Trinajstić information content (AvgIpc) is 2.33. The molecule has 96 valence electrons. The zero-order valence-electron chi connectivity index (χ0n) is 11.7. The normalized spacial score (nSPS) is 21.7. The predicted molar refractivity (Wildman–Crippen MR) is 76.8 cm³/mol. The van der Waals surface area contributed by atoms with E-state index in [9.17, 15) is 0 Å². The molecular weight excluding hydrogens is 223 g/mol. The minimum atomic E-state index is -0.303. The number of rotatable bonds is 2. The van der Waals surface area contributed by atoms with E-state index in [0.29, 0.717) is 6.61 Å². The molecule has 2 rings (SSSR count). The Morgan fingerprint density at radius 1 is 1.22 bits per heavy atom. The van der Waals surface area contributed by atoms with Crippen LogP contribution in [-0.4, -0.2) is 19.3 Å². The summed E-state index contributed by atoms with van der Waals surface area (Å²) in [5.41, 5.74) is 1.91. The molecule has 1 aromatic carbocycles. The Balaban J connectivity index is 2.29. The van der Waals surface area contributed by atoms with Crippen LogP contribution in [0.15, 0.2) is 30.8 Å². The van der Waals surface area contributed by atoms with E-state index in [2.05, 4.69) is 34.3 Å². The van der Waals surface area contributed by atoms with Gasteiger partial charge in [0.2, 0.25) is 0 Å². The van der Waals surface area contributed by atoms with Crippen molar-refractivity contribution >= 4 is 18.7 Å². The summed E-state index contributed by atoms with van der Waals surface area (Å²) in [4.78, 5) is 0. The monoisotopic (exact) mass is 244 g/mol. The van der Waals surface area contributed by atoms with Gasteiger partial charge in [0.05, 0.1) is 5.60 Å². The Kier molecular flexibility index (Phi) is 3.39. The van der Waals surface area contributed by atoms with Crippen molar-refractivity contribution in [3.05, 3.63) is 36.4 Å². The van der Waals surface area contributed by atoms with Crippen molar-refractivity contribution in [2.75, 3.05) is 6.61 Å². The lowest BCUT2D eigenvalue weighted by molar-refractivity contribution is -0.0937. The third kappa shape index (κ3) is 2.25. The van der Waals surface area contributed by atoms with Gasteiger partial charge in [-0.25, -0.2) is 0 Å². The van der Waals surface area contributed by atoms with Crippen LogP contribution in [-0.2, 0) is 9.31 Å². The number of hydrogen-bond donors (Lipinski definition) is 0. The largest absolute Gasteiger partial charge is 0.494 e. The molecule has 2 nitrogen and oxygen atoms in total. The van der Waals surface area contributed by atoms with Gasteiger partial charge < -0.3 is 9.31 Å². The summed E-state index contributed by atoms with van der Waals surface area (Å²) in [5, 5.41) is 0. The molecule has 18 heavy (non-hydrogen) atoms. The topological polar surface area (TPSA) is 18.5 Å². The average molecular weight is 244 g/mol. The maximum absolute atomic E-state index is 6.15. The predicted octanol–water partition coefficient (Wildman–Crippen LogP) is 2.88. The van der Waals surface area contributed by atoms with Crippen molar-refractivity contribution in [2.45, 2.75) is 33.3 Å². The Hall–Kier alpha value is -1.06. The van der Waals surface area contributed by atoms with E-state index >= 15 is 0 Å². The lowest BCUT2D eigenvalue weighted by atomic mass is 9.68. The summed E-state index contributed by atoms with van der Waals surface area (Å²) in [7, 11) is -0.303. The van der Waals surface area contributed by atoms with Crippen LogP contribution in [0, 0.1) is 5.41 Å². The molecule has 0 N–H and O–H groups in total. The smallest absolute Gasteiger partial charge is 0.407 e. The van der Waals surface area contributed by atoms with Crippen LogP contribution >= 0.6 is 0 Å². The van der Waals surface area contributed by atoms with Crippen LogP contribution in [0.4, 0.5) is 0 Å². The standard InChI is InChI=1S/C15H21BO2/c1-6-12-9-7-8-10-13(12)16-17-11-14(2,3)15(4,5)18-16/h6-10H,1,11H2,2-5H3. The molecule has 1 aliphatic rings. The molecular formula is C15H21BO2. The SMILES string of the molecule is C=Cc1ccccc1B1OCC(C)(C)C(C)(C)O1. The van der Waals surface area contributed by atoms with Gasteiger partial charge >= 0.3 is 7.12 Å². The van der Waals surface area contributed by atoms with Gasteiger partial charge in [-0.2, -0.15) is 0 Å². The molecule has 1 saturated heterocycles. The zero-order valence-corrected chi connectivity index (χ0v) is 11.7. The Labute approximate surface area is 110 Å². The molecule has 1 fully saturated rings. The second-order valence-electron chi connectivity index (χ2n) is 5.99. The first-order valence-electron chi connectivity index (χ1n) is 6.38. The van der Waals surface area contributed by atoms with Gasteiger partial charge in [0.25, 0.3) is 0 Å². The van der Waals surface area contributed by atoms with Gasteiger partial charge in [-0.3, -0.25) is 0 Å². The minimum absolute atomic E-state index is 0.00657. The van der Waals surface area contributed by atoms with Gasteiger partial charge in [-0.1, -0.05) is 50.8 Å². The van der Waals surface area contributed by atoms with E-state index in [4.69, 9.17) is 9.31 Å². The third-order valence-electron chi connectivity index (χ3n) is 4.10. The summed E-state index contributed by atoms with van der Waals surface area (Å²) in [6.07, 6.45) is 1.84. The van der Waals surface area contributed by atoms with Crippen LogP contribution in [0.1, 0.15) is 33.3 Å². The molecule has 0 amide bonds. The molecule has 1 aromatic rings. The molecule has 0 aromatic heterocycles. The van der Waals surface area contributed by atoms with Crippen LogP contribution in [0.25, 0.3) is 6.08 Å². The second-order valence-corrected chi connectivity index (χ2v) is 5.99. The van der Waals surface area contributed by atoms with E-state index in [1.807, 2.05) is 30.3 Å². The number of hydrogen-bond acceptors (Lipinski definition) is 2. The van der Waals surface area contributed by atoms with Gasteiger partial charge in [-0.15, -0.1) is 0 Å². The lowest BCUT2D eigenvalue weighted by Gasteiger charge is -2.47. The third-order valence-corrected chi connectivity index (χ3v) is 4.10. The second kappa shape index (κ2) is 4.56. The Bertz CT molecular complexity index is 452. The van der Waals surface area contributed by atoms with Crippen molar-refractivity contribution in [3.63, 3.8) is 0 Å². The van der Waals surface area contributed by atoms with Gasteiger partial charge in [-0.05, 0) is 24.9 Å². The fraction of sp³-hybridized carbons (Fsp3) is 0.467. The van der Waals surface area contributed by atoms with Crippen molar-refractivity contribution < 1.29 is 9.31 Å². The van der Waals surface area contributed by atoms with E-state index in [1.54, 1.807) is 0 Å². The Morgan fingerprint density at radius 3 is 2.50 bits per heavy atom. The van der Waals surface area contributed by atoms with Crippen molar-refractivity contribution in [1.29, 1.82) is 0 Å². The minimum Gasteiger partial charge on any atom is -0.407 e. The first-order chi connectivity index (χ1) is 8.37. The Morgan fingerprint density at radius 2 is 1.89 bits per heavy atom. The van der Waals surface area contributed by atoms with E-state index in [0.717, 1.165) is 11.0 Å². The fourth-order valence-electron chi connectivity index (χ4n) is 1.98. The molecule has 0 unspecified atom stereocenters. The summed E-state index contributed by atoms with van der Waals surface area (Å²) in [6.45, 7) is 13.1. The first-order valence-corrected chi connectivity index (χ1v) is 6.38. The van der Waals surface area contributed by atoms with Crippen LogP contribution in [0.5, 0.6) is 0 Å². The number of benzene rings is 1. The van der Waals surface area contributed by atoms with Gasteiger partial charge in [0, 0.05) is 12.0 Å². The zero-order chi connectivity index (χ0) is 13.4. The quantitative estimate of drug-likeness (QED) is 0.745. The molecule has 0 spiro atoms. The van der Waals surface area contributed by atoms with E-state index < -0.39 is 0 Å². The van der Waals surface area contributed by atoms with Crippen LogP contribution < -0.4 is 5.46 Å². The van der Waals surface area contributed by atoms with E-state index in [1.165, 1.54) is 0 Å². The van der Waals surface area contributed by atoms with Crippen molar-refractivity contribution in [3.8, 4) is 0 Å². The van der Waals surface area contributed by atoms with Crippen molar-refractivity contribution in [2.24, 2.45) is 5.41 Å². The molecule has 0 bridgehead atoms. The molecule has 0 atom stereocenters. The molecule has 0 radical (unpaired) electrons. The highest BCUT2D eigenvalue weighted by molar-refractivity contribution is 6.62. The molecule has 0 aliphatic carbocycles. The first kappa shape index (κ1) is 13.4. The van der Waals surface area contributed by atoms with Crippen LogP contribution in [0.3, 0.4) is 0 Å². The maximum Gasteiger partial charge on any atom is 0.494 e. The van der Waals surface area contributed by atoms with Gasteiger partial charge in [0.15, 0.2) is 0 Å². The molecule has 3 heteroatoms. The highest BCUT2D eigenvalue weighted by Crippen LogP contribution is 2.38. The van der Waals surface area contributed by atoms with Crippen LogP contribution in [0.2, 0.25) is 0 Å². The summed E-state index contributed by atoms with van der Waals surface area (Å²) in [6, 6.07) is 8.07. The highest BCUT2D eigenvalue weighted by atomic mass is 16.6. The maximum atomic E-state index is 6.15. The van der Waals surface area contributed by atoms with Crippen molar-refractivity contribution in [1.82, 2.24) is 0 Å². The summed E-state index contributed by atoms with van der Waals surface area (Å²) in [5.74, 6) is 0. The van der Waals surface area contributed by atoms with Gasteiger partial charge in [0.1, 0.15) is 0 Å². The summed E-state index contributed by atoms with van der Waals surface area (Å²) < 4.78 is 12.0. The fourth-order valence-corrected chi connectivity index (χ4v) is 1.98. The van der Waals surface area contributed by atoms with E-state index in [-0.39, 0.29) is 18.1 Å². The molecule has 1 heterocycles. The highest BCUT2D eigenvalue weighted by Gasteiger charge is 2.47.